The molecule has 0 aliphatic carbocycles. The highest BCUT2D eigenvalue weighted by Crippen LogP contribution is 2.28. The Hall–Kier alpha value is -3.68. The van der Waals surface area contributed by atoms with Gasteiger partial charge in [-0.25, -0.2) is 9.50 Å². The first-order chi connectivity index (χ1) is 12.7. The van der Waals surface area contributed by atoms with E-state index < -0.39 is 0 Å². The lowest BCUT2D eigenvalue weighted by atomic mass is 10.0. The van der Waals surface area contributed by atoms with Gasteiger partial charge in [0.1, 0.15) is 5.69 Å². The zero-order chi connectivity index (χ0) is 18.1. The number of fused-ring (bicyclic) bond motifs is 1. The predicted molar refractivity (Wildman–Crippen MR) is 99.4 cm³/mol. The van der Waals surface area contributed by atoms with Crippen LogP contribution in [0.2, 0.25) is 0 Å². The molecule has 130 valence electrons. The van der Waals surface area contributed by atoms with Gasteiger partial charge in [0.15, 0.2) is 5.65 Å². The smallest absolute Gasteiger partial charge is 0.247 e. The third-order valence-electron chi connectivity index (χ3n) is 4.09. The number of nitrogens with one attached hydrogen (secondary N) is 1. The average Bonchev–Trinajstić information content (AvgIpc) is 3.07. The molecule has 3 heterocycles. The van der Waals surface area contributed by atoms with Crippen molar-refractivity contribution in [3.05, 3.63) is 54.5 Å². The second kappa shape index (κ2) is 6.32. The number of nitrogens with zero attached hydrogens (tertiary/aromatic N) is 5. The Balaban J connectivity index is 1.74. The summed E-state index contributed by atoms with van der Waals surface area (Å²) in [6.45, 7) is 1.97. The average molecular weight is 347 g/mol. The molecule has 0 spiro atoms. The van der Waals surface area contributed by atoms with Gasteiger partial charge in [0.25, 0.3) is 0 Å². The second-order valence-corrected chi connectivity index (χ2v) is 5.71. The van der Waals surface area contributed by atoms with Crippen LogP contribution >= 0.6 is 0 Å². The van der Waals surface area contributed by atoms with Crippen LogP contribution < -0.4 is 15.8 Å². The highest BCUT2D eigenvalue weighted by atomic mass is 16.5. The molecule has 3 aromatic heterocycles. The Bertz CT molecular complexity index is 1070. The van der Waals surface area contributed by atoms with Crippen molar-refractivity contribution in [2.24, 2.45) is 0 Å². The van der Waals surface area contributed by atoms with Gasteiger partial charge in [-0.05, 0) is 24.6 Å². The molecule has 0 bridgehead atoms. The van der Waals surface area contributed by atoms with Gasteiger partial charge >= 0.3 is 0 Å². The van der Waals surface area contributed by atoms with Crippen LogP contribution in [-0.4, -0.2) is 31.7 Å². The van der Waals surface area contributed by atoms with Crippen molar-refractivity contribution in [3.8, 4) is 17.1 Å². The molecule has 0 saturated carbocycles. The largest absolute Gasteiger partial charge is 0.481 e. The van der Waals surface area contributed by atoms with Crippen molar-refractivity contribution < 1.29 is 4.74 Å². The minimum Gasteiger partial charge on any atom is -0.481 e. The molecule has 4 rings (SSSR count). The quantitative estimate of drug-likeness (QED) is 0.547. The van der Waals surface area contributed by atoms with E-state index in [-0.39, 0.29) is 0 Å². The Morgan fingerprint density at radius 1 is 1.15 bits per heavy atom. The molecule has 8 nitrogen and oxygen atoms in total. The molecule has 8 heteroatoms. The third kappa shape index (κ3) is 2.77. The summed E-state index contributed by atoms with van der Waals surface area (Å²) in [6.07, 6.45) is 5.11. The molecule has 0 atom stereocenters. The molecule has 0 radical (unpaired) electrons. The van der Waals surface area contributed by atoms with Crippen LogP contribution in [0.15, 0.2) is 48.9 Å². The summed E-state index contributed by atoms with van der Waals surface area (Å²) in [7, 11) is 1.58. The van der Waals surface area contributed by atoms with Crippen molar-refractivity contribution in [1.82, 2.24) is 24.6 Å². The number of rotatable bonds is 4. The van der Waals surface area contributed by atoms with Gasteiger partial charge in [0.05, 0.1) is 19.0 Å². The van der Waals surface area contributed by atoms with Crippen molar-refractivity contribution in [2.75, 3.05) is 18.2 Å². The van der Waals surface area contributed by atoms with Crippen LogP contribution in [0, 0.1) is 6.92 Å². The minimum absolute atomic E-state index is 0.452. The summed E-state index contributed by atoms with van der Waals surface area (Å²) in [4.78, 5) is 13.2. The first-order valence-corrected chi connectivity index (χ1v) is 7.99. The van der Waals surface area contributed by atoms with E-state index >= 15 is 0 Å². The fourth-order valence-electron chi connectivity index (χ4n) is 2.67. The zero-order valence-electron chi connectivity index (χ0n) is 14.3. The van der Waals surface area contributed by atoms with Gasteiger partial charge in [0, 0.05) is 29.7 Å². The third-order valence-corrected chi connectivity index (χ3v) is 4.09. The van der Waals surface area contributed by atoms with Gasteiger partial charge in [0.2, 0.25) is 11.8 Å². The zero-order valence-corrected chi connectivity index (χ0v) is 14.3. The Morgan fingerprint density at radius 2 is 2.04 bits per heavy atom. The monoisotopic (exact) mass is 347 g/mol. The van der Waals surface area contributed by atoms with Crippen LogP contribution in [0.5, 0.6) is 5.88 Å². The molecule has 1 aromatic carbocycles. The van der Waals surface area contributed by atoms with Crippen molar-refractivity contribution in [3.63, 3.8) is 0 Å². The highest BCUT2D eigenvalue weighted by Gasteiger charge is 2.14. The maximum atomic E-state index is 6.03. The van der Waals surface area contributed by atoms with Crippen LogP contribution in [-0.2, 0) is 0 Å². The molecule has 0 amide bonds. The fourth-order valence-corrected chi connectivity index (χ4v) is 2.67. The number of nitrogens with two attached hydrogens (primary N) is 1. The summed E-state index contributed by atoms with van der Waals surface area (Å²) in [5.41, 5.74) is 10.8. The number of hydrogen-bond donors (Lipinski definition) is 2. The minimum atomic E-state index is 0.452. The van der Waals surface area contributed by atoms with Crippen LogP contribution in [0.4, 0.5) is 17.3 Å². The van der Waals surface area contributed by atoms with E-state index in [0.717, 1.165) is 22.5 Å². The Kier molecular flexibility index (Phi) is 3.85. The standard InChI is InChI=1S/C18H17N7O/c1-11-13(4-3-5-14(11)19)16-17-23-18(24-25(17)9-8-20-16)22-12-6-7-15(26-2)21-10-12/h3-10H,19H2,1-2H3,(H,22,24). The first-order valence-electron chi connectivity index (χ1n) is 7.99. The van der Waals surface area contributed by atoms with Gasteiger partial charge in [-0.15, -0.1) is 5.10 Å². The molecular formula is C18H17N7O. The molecule has 0 unspecified atom stereocenters. The number of methoxy groups -OCH3 is 1. The summed E-state index contributed by atoms with van der Waals surface area (Å²) in [5, 5.41) is 7.59. The summed E-state index contributed by atoms with van der Waals surface area (Å²) in [6, 6.07) is 9.36. The van der Waals surface area contributed by atoms with Gasteiger partial charge in [-0.1, -0.05) is 12.1 Å². The summed E-state index contributed by atoms with van der Waals surface area (Å²) in [5.74, 6) is 0.995. The Labute approximate surface area is 149 Å². The number of anilines is 3. The number of aromatic nitrogens is 5. The summed E-state index contributed by atoms with van der Waals surface area (Å²) < 4.78 is 6.74. The molecular weight excluding hydrogens is 330 g/mol. The van der Waals surface area contributed by atoms with Gasteiger partial charge in [-0.2, -0.15) is 4.98 Å². The van der Waals surface area contributed by atoms with E-state index in [0.29, 0.717) is 23.2 Å². The van der Waals surface area contributed by atoms with E-state index in [4.69, 9.17) is 10.5 Å². The van der Waals surface area contributed by atoms with Crippen molar-refractivity contribution >= 4 is 23.0 Å². The van der Waals surface area contributed by atoms with Crippen LogP contribution in [0.3, 0.4) is 0 Å². The normalized spacial score (nSPS) is 10.8. The second-order valence-electron chi connectivity index (χ2n) is 5.71. The van der Waals surface area contributed by atoms with Crippen LogP contribution in [0.1, 0.15) is 5.56 Å². The lowest BCUT2D eigenvalue weighted by molar-refractivity contribution is 0.398. The van der Waals surface area contributed by atoms with E-state index in [2.05, 4.69) is 25.4 Å². The molecule has 3 N–H and O–H groups in total. The number of pyridine rings is 1. The van der Waals surface area contributed by atoms with E-state index in [9.17, 15) is 0 Å². The maximum absolute atomic E-state index is 6.03. The number of benzene rings is 1. The maximum Gasteiger partial charge on any atom is 0.247 e. The topological polar surface area (TPSA) is 103 Å². The Morgan fingerprint density at radius 3 is 2.81 bits per heavy atom. The summed E-state index contributed by atoms with van der Waals surface area (Å²) >= 11 is 0. The van der Waals surface area contributed by atoms with Gasteiger partial charge < -0.3 is 15.8 Å². The molecule has 0 aliphatic heterocycles. The van der Waals surface area contributed by atoms with E-state index in [1.54, 1.807) is 36.3 Å². The molecule has 4 aromatic rings. The number of nitrogen functional groups attached to an aromatic ring is 1. The lowest BCUT2D eigenvalue weighted by Crippen LogP contribution is -1.97. The van der Waals surface area contributed by atoms with Crippen LogP contribution in [0.25, 0.3) is 16.9 Å². The molecule has 0 aliphatic rings. The molecule has 0 fully saturated rings. The number of ether oxygens (including phenoxy) is 1. The van der Waals surface area contributed by atoms with Crippen molar-refractivity contribution in [2.45, 2.75) is 6.92 Å². The highest BCUT2D eigenvalue weighted by molar-refractivity contribution is 5.79. The van der Waals surface area contributed by atoms with Crippen molar-refractivity contribution in [1.29, 1.82) is 0 Å². The molecule has 0 saturated heterocycles. The van der Waals surface area contributed by atoms with E-state index in [1.165, 1.54) is 0 Å². The SMILES string of the molecule is COc1ccc(Nc2nc3c(-c4cccc(N)c4C)nccn3n2)cn1. The van der Waals surface area contributed by atoms with Gasteiger partial charge in [-0.3, -0.25) is 4.98 Å². The molecule has 26 heavy (non-hydrogen) atoms. The lowest BCUT2D eigenvalue weighted by Gasteiger charge is -2.07. The number of hydrogen-bond acceptors (Lipinski definition) is 7. The predicted octanol–water partition coefficient (Wildman–Crippen LogP) is 2.83. The fraction of sp³-hybridized carbons (Fsp3) is 0.111. The van der Waals surface area contributed by atoms with E-state index in [1.807, 2.05) is 31.2 Å². The first kappa shape index (κ1) is 15.8.